The zero-order valence-corrected chi connectivity index (χ0v) is 6.62. The lowest BCUT2D eigenvalue weighted by molar-refractivity contribution is -0.331. The van der Waals surface area contributed by atoms with Crippen LogP contribution in [0.15, 0.2) is 23.8 Å². The second kappa shape index (κ2) is 2.80. The van der Waals surface area contributed by atoms with Crippen LogP contribution >= 0.6 is 0 Å². The Balaban J connectivity index is 2.16. The second-order valence-corrected chi connectivity index (χ2v) is 3.16. The van der Waals surface area contributed by atoms with Crippen molar-refractivity contribution in [3.63, 3.8) is 0 Å². The van der Waals surface area contributed by atoms with Crippen molar-refractivity contribution in [1.82, 2.24) is 0 Å². The molecular formula is C9H12O2. The van der Waals surface area contributed by atoms with Crippen molar-refractivity contribution in [2.45, 2.75) is 32.0 Å². The van der Waals surface area contributed by atoms with Gasteiger partial charge in [0.15, 0.2) is 0 Å². The molecular weight excluding hydrogens is 140 g/mol. The first kappa shape index (κ1) is 7.07. The predicted molar refractivity (Wildman–Crippen MR) is 41.9 cm³/mol. The molecule has 0 aromatic carbocycles. The third kappa shape index (κ3) is 1.52. The fourth-order valence-electron chi connectivity index (χ4n) is 1.50. The second-order valence-electron chi connectivity index (χ2n) is 3.16. The summed E-state index contributed by atoms with van der Waals surface area (Å²) in [5, 5.41) is 0. The Morgan fingerprint density at radius 3 is 3.18 bits per heavy atom. The van der Waals surface area contributed by atoms with E-state index in [1.165, 1.54) is 5.57 Å². The zero-order valence-electron chi connectivity index (χ0n) is 6.62. The summed E-state index contributed by atoms with van der Waals surface area (Å²) in [5.41, 5.74) is 1.43. The van der Waals surface area contributed by atoms with Gasteiger partial charge < -0.3 is 0 Å². The molecule has 1 saturated heterocycles. The van der Waals surface area contributed by atoms with Crippen molar-refractivity contribution in [1.29, 1.82) is 0 Å². The van der Waals surface area contributed by atoms with Gasteiger partial charge in [-0.15, -0.1) is 0 Å². The Bertz CT molecular complexity index is 206. The fraction of sp³-hybridized carbons (Fsp3) is 0.556. The summed E-state index contributed by atoms with van der Waals surface area (Å²) in [7, 11) is 0. The van der Waals surface area contributed by atoms with Gasteiger partial charge >= 0.3 is 0 Å². The highest BCUT2D eigenvalue weighted by Gasteiger charge is 2.20. The van der Waals surface area contributed by atoms with E-state index in [1.54, 1.807) is 0 Å². The smallest absolute Gasteiger partial charge is 0.115 e. The van der Waals surface area contributed by atoms with Crippen molar-refractivity contribution in [2.75, 3.05) is 0 Å². The standard InChI is InChI=1S/C9H12O2/c1-7-5-8-3-2-4-9(6-8)11-10-7/h2-4,7,9H,5-6H2,1H3. The summed E-state index contributed by atoms with van der Waals surface area (Å²) in [6.07, 6.45) is 8.59. The quantitative estimate of drug-likeness (QED) is 0.494. The maximum Gasteiger partial charge on any atom is 0.115 e. The molecule has 0 spiro atoms. The summed E-state index contributed by atoms with van der Waals surface area (Å²) in [6, 6.07) is 0. The topological polar surface area (TPSA) is 18.5 Å². The van der Waals surface area contributed by atoms with E-state index in [-0.39, 0.29) is 12.2 Å². The molecule has 0 aromatic heterocycles. The van der Waals surface area contributed by atoms with Gasteiger partial charge in [0.2, 0.25) is 0 Å². The Morgan fingerprint density at radius 1 is 1.36 bits per heavy atom. The van der Waals surface area contributed by atoms with Crippen molar-refractivity contribution in [3.05, 3.63) is 23.8 Å². The highest BCUT2D eigenvalue weighted by Crippen LogP contribution is 2.25. The van der Waals surface area contributed by atoms with Gasteiger partial charge in [0.05, 0.1) is 6.10 Å². The molecule has 0 saturated carbocycles. The average molecular weight is 152 g/mol. The van der Waals surface area contributed by atoms with Crippen LogP contribution in [0.3, 0.4) is 0 Å². The maximum absolute atomic E-state index is 5.16. The van der Waals surface area contributed by atoms with Crippen LogP contribution in [0.4, 0.5) is 0 Å². The summed E-state index contributed by atoms with van der Waals surface area (Å²) in [5.74, 6) is 0. The monoisotopic (exact) mass is 152 g/mol. The van der Waals surface area contributed by atoms with Crippen LogP contribution in [0.25, 0.3) is 0 Å². The summed E-state index contributed by atoms with van der Waals surface area (Å²) in [6.45, 7) is 2.03. The van der Waals surface area contributed by atoms with Crippen LogP contribution in [0.1, 0.15) is 19.8 Å². The molecule has 1 fully saturated rings. The molecule has 2 unspecified atom stereocenters. The first-order valence-corrected chi connectivity index (χ1v) is 4.03. The fourth-order valence-corrected chi connectivity index (χ4v) is 1.50. The molecule has 0 radical (unpaired) electrons. The summed E-state index contributed by atoms with van der Waals surface area (Å²) in [4.78, 5) is 10.3. The lowest BCUT2D eigenvalue weighted by atomic mass is 9.98. The van der Waals surface area contributed by atoms with E-state index in [0.717, 1.165) is 12.8 Å². The van der Waals surface area contributed by atoms with Crippen LogP contribution in [-0.4, -0.2) is 12.2 Å². The molecule has 2 aliphatic rings. The Labute approximate surface area is 66.4 Å². The van der Waals surface area contributed by atoms with Crippen LogP contribution in [-0.2, 0) is 9.78 Å². The van der Waals surface area contributed by atoms with Gasteiger partial charge in [-0.25, -0.2) is 9.78 Å². The molecule has 0 amide bonds. The van der Waals surface area contributed by atoms with Crippen molar-refractivity contribution >= 4 is 0 Å². The predicted octanol–water partition coefficient (Wildman–Crippen LogP) is 1.98. The average Bonchev–Trinajstić information content (AvgIpc) is 2.12. The molecule has 1 aliphatic heterocycles. The van der Waals surface area contributed by atoms with Gasteiger partial charge in [-0.1, -0.05) is 23.8 Å². The van der Waals surface area contributed by atoms with Gasteiger partial charge in [0.1, 0.15) is 6.10 Å². The molecule has 0 N–H and O–H groups in total. The van der Waals surface area contributed by atoms with E-state index in [0.29, 0.717) is 0 Å². The highest BCUT2D eigenvalue weighted by atomic mass is 17.2. The van der Waals surface area contributed by atoms with Gasteiger partial charge in [-0.05, 0) is 13.3 Å². The largest absolute Gasteiger partial charge is 0.233 e. The molecule has 11 heavy (non-hydrogen) atoms. The Hall–Kier alpha value is -0.600. The zero-order chi connectivity index (χ0) is 7.68. The number of hydrogen-bond donors (Lipinski definition) is 0. The number of allylic oxidation sites excluding steroid dienone is 2. The minimum absolute atomic E-state index is 0.153. The van der Waals surface area contributed by atoms with Gasteiger partial charge in [0.25, 0.3) is 0 Å². The van der Waals surface area contributed by atoms with Crippen LogP contribution in [0.5, 0.6) is 0 Å². The molecule has 2 bridgehead atoms. The third-order valence-corrected chi connectivity index (χ3v) is 2.01. The van der Waals surface area contributed by atoms with Crippen molar-refractivity contribution in [3.8, 4) is 0 Å². The van der Waals surface area contributed by atoms with E-state index in [2.05, 4.69) is 6.08 Å². The lowest BCUT2D eigenvalue weighted by Gasteiger charge is -2.11. The summed E-state index contributed by atoms with van der Waals surface area (Å²) >= 11 is 0. The normalized spacial score (nSPS) is 36.3. The van der Waals surface area contributed by atoms with Gasteiger partial charge in [0, 0.05) is 6.42 Å². The molecule has 60 valence electrons. The van der Waals surface area contributed by atoms with Crippen molar-refractivity contribution in [2.24, 2.45) is 0 Å². The van der Waals surface area contributed by atoms with Crippen molar-refractivity contribution < 1.29 is 9.78 Å². The molecule has 2 atom stereocenters. The first-order chi connectivity index (χ1) is 5.34. The third-order valence-electron chi connectivity index (χ3n) is 2.01. The van der Waals surface area contributed by atoms with E-state index < -0.39 is 0 Å². The molecule has 2 rings (SSSR count). The highest BCUT2D eigenvalue weighted by molar-refractivity contribution is 5.21. The molecule has 2 heteroatoms. The minimum Gasteiger partial charge on any atom is -0.233 e. The minimum atomic E-state index is 0.153. The van der Waals surface area contributed by atoms with Crippen LogP contribution < -0.4 is 0 Å². The van der Waals surface area contributed by atoms with Crippen LogP contribution in [0, 0.1) is 0 Å². The van der Waals surface area contributed by atoms with E-state index in [4.69, 9.17) is 9.78 Å². The Kier molecular flexibility index (Phi) is 1.80. The lowest BCUT2D eigenvalue weighted by Crippen LogP contribution is -2.10. The van der Waals surface area contributed by atoms with E-state index >= 15 is 0 Å². The van der Waals surface area contributed by atoms with Gasteiger partial charge in [-0.2, -0.15) is 0 Å². The molecule has 1 heterocycles. The first-order valence-electron chi connectivity index (χ1n) is 4.03. The van der Waals surface area contributed by atoms with Crippen LogP contribution in [0.2, 0.25) is 0 Å². The number of rotatable bonds is 0. The van der Waals surface area contributed by atoms with Gasteiger partial charge in [-0.3, -0.25) is 0 Å². The Morgan fingerprint density at radius 2 is 2.27 bits per heavy atom. The summed E-state index contributed by atoms with van der Waals surface area (Å²) < 4.78 is 0. The van der Waals surface area contributed by atoms with E-state index in [9.17, 15) is 0 Å². The molecule has 0 aromatic rings. The number of fused-ring (bicyclic) bond motifs is 2. The SMILES string of the molecule is CC1CC2=CC=CC(C2)OO1. The number of hydrogen-bond acceptors (Lipinski definition) is 2. The van der Waals surface area contributed by atoms with E-state index in [1.807, 2.05) is 19.1 Å². The maximum atomic E-state index is 5.16. The molecule has 1 aliphatic carbocycles. The molecule has 2 nitrogen and oxygen atoms in total.